The molecule has 4 aromatic rings. The van der Waals surface area contributed by atoms with Crippen molar-refractivity contribution in [1.82, 2.24) is 35.6 Å². The van der Waals surface area contributed by atoms with E-state index in [2.05, 4.69) is 20.9 Å². The molecule has 3 fully saturated rings. The van der Waals surface area contributed by atoms with E-state index >= 15 is 0 Å². The molecule has 3 aromatic carbocycles. The van der Waals surface area contributed by atoms with Gasteiger partial charge in [0.25, 0.3) is 0 Å². The molecule has 66 heavy (non-hydrogen) atoms. The van der Waals surface area contributed by atoms with Crippen LogP contribution in [0, 0.1) is 0 Å². The van der Waals surface area contributed by atoms with E-state index in [1.165, 1.54) is 39.0 Å². The van der Waals surface area contributed by atoms with Crippen molar-refractivity contribution in [2.75, 3.05) is 26.2 Å². The number of nitrogens with one attached hydrogen (secondary N) is 4. The predicted molar refractivity (Wildman–Crippen MR) is 238 cm³/mol. The maximum Gasteiger partial charge on any atom is 0.326 e. The molecule has 350 valence electrons. The Morgan fingerprint density at radius 1 is 0.636 bits per heavy atom. The number of para-hydroxylation sites is 1. The zero-order valence-electron chi connectivity index (χ0n) is 36.3. The molecule has 10 N–H and O–H groups in total. The number of aromatic nitrogens is 1. The largest absolute Gasteiger partial charge is 0.508 e. The number of hydrogen-bond donors (Lipinski definition) is 9. The first-order valence-electron chi connectivity index (χ1n) is 22.2. The second-order valence-electron chi connectivity index (χ2n) is 17.2. The first-order chi connectivity index (χ1) is 31.7. The van der Waals surface area contributed by atoms with Crippen LogP contribution in [0.5, 0.6) is 11.5 Å². The molecule has 7 unspecified atom stereocenters. The van der Waals surface area contributed by atoms with Crippen LogP contribution in [0.2, 0.25) is 0 Å². The van der Waals surface area contributed by atoms with E-state index in [9.17, 15) is 54.0 Å². The molecule has 4 heterocycles. The Morgan fingerprint density at radius 3 is 1.74 bits per heavy atom. The van der Waals surface area contributed by atoms with Gasteiger partial charge in [0, 0.05) is 56.0 Å². The minimum atomic E-state index is -1.35. The number of carboxylic acids is 1. The van der Waals surface area contributed by atoms with Crippen LogP contribution >= 0.6 is 0 Å². The highest BCUT2D eigenvalue weighted by Crippen LogP contribution is 2.27. The number of aromatic hydroxyl groups is 2. The zero-order valence-corrected chi connectivity index (χ0v) is 36.3. The molecule has 0 saturated carbocycles. The summed E-state index contributed by atoms with van der Waals surface area (Å²) in [5.41, 5.74) is 8.40. The lowest BCUT2D eigenvalue weighted by Crippen LogP contribution is -2.60. The summed E-state index contributed by atoms with van der Waals surface area (Å²) in [4.78, 5) is 104. The smallest absolute Gasteiger partial charge is 0.326 e. The number of aliphatic hydroxyl groups excluding tert-OH is 1. The molecule has 0 spiro atoms. The number of carbonyl (C=O) groups is 7. The molecule has 19 heteroatoms. The molecule has 7 atom stereocenters. The molecule has 3 saturated heterocycles. The van der Waals surface area contributed by atoms with Gasteiger partial charge in [-0.3, -0.25) is 28.8 Å². The molecule has 6 amide bonds. The van der Waals surface area contributed by atoms with Gasteiger partial charge < -0.3 is 61.8 Å². The molecular weight excluding hydrogens is 853 g/mol. The topological polar surface area (TPSA) is 288 Å². The molecule has 1 aromatic heterocycles. The van der Waals surface area contributed by atoms with Crippen molar-refractivity contribution in [2.24, 2.45) is 5.73 Å². The van der Waals surface area contributed by atoms with Crippen molar-refractivity contribution in [3.05, 3.63) is 95.7 Å². The van der Waals surface area contributed by atoms with Gasteiger partial charge >= 0.3 is 5.97 Å². The number of H-pyrrole nitrogens is 1. The van der Waals surface area contributed by atoms with Crippen LogP contribution in [-0.2, 0) is 52.8 Å². The van der Waals surface area contributed by atoms with Gasteiger partial charge in [-0.05, 0) is 85.5 Å². The number of fused-ring (bicyclic) bond motifs is 1. The maximum atomic E-state index is 14.8. The van der Waals surface area contributed by atoms with Crippen molar-refractivity contribution in [3.8, 4) is 11.5 Å². The van der Waals surface area contributed by atoms with Crippen molar-refractivity contribution in [3.63, 3.8) is 0 Å². The van der Waals surface area contributed by atoms with E-state index in [1.54, 1.807) is 30.5 Å². The highest BCUT2D eigenvalue weighted by Gasteiger charge is 2.44. The number of aliphatic hydroxyl groups is 1. The minimum Gasteiger partial charge on any atom is -0.508 e. The number of nitrogens with zero attached hydrogens (tertiary/aromatic N) is 3. The molecule has 3 aliphatic rings. The Morgan fingerprint density at radius 2 is 1.15 bits per heavy atom. The van der Waals surface area contributed by atoms with Gasteiger partial charge in [0.1, 0.15) is 53.8 Å². The van der Waals surface area contributed by atoms with E-state index in [4.69, 9.17) is 5.73 Å². The van der Waals surface area contributed by atoms with Gasteiger partial charge in [-0.1, -0.05) is 42.5 Å². The summed E-state index contributed by atoms with van der Waals surface area (Å²) in [5.74, 6) is -4.96. The van der Waals surface area contributed by atoms with Gasteiger partial charge in [-0.2, -0.15) is 0 Å². The SMILES string of the molecule is NC(CO)C(=O)N1CCCC1C(=O)N1CCCC1C(=O)NC(Cc1ccc(O)cc1)C(=O)NC(Cc1c[nH]c2ccccc12)C(=O)N1CCCC1C(=O)NC(Cc1ccc(O)cc1)C(=O)O. The van der Waals surface area contributed by atoms with Crippen LogP contribution in [-0.4, -0.2) is 150 Å². The van der Waals surface area contributed by atoms with Crippen molar-refractivity contribution >= 4 is 52.3 Å². The summed E-state index contributed by atoms with van der Waals surface area (Å²) in [6, 6.07) is 11.3. The summed E-state index contributed by atoms with van der Waals surface area (Å²) >= 11 is 0. The number of hydrogen-bond acceptors (Lipinski definition) is 11. The summed E-state index contributed by atoms with van der Waals surface area (Å²) in [6.45, 7) is 0.0513. The number of phenolic OH excluding ortho intramolecular Hbond substituents is 2. The third-order valence-electron chi connectivity index (χ3n) is 12.7. The fraction of sp³-hybridized carbons (Fsp3) is 0.426. The van der Waals surface area contributed by atoms with Crippen LogP contribution in [0.3, 0.4) is 0 Å². The number of nitrogens with two attached hydrogens (primary N) is 1. The molecule has 19 nitrogen and oxygen atoms in total. The van der Waals surface area contributed by atoms with Crippen LogP contribution in [0.25, 0.3) is 10.9 Å². The van der Waals surface area contributed by atoms with E-state index in [0.29, 0.717) is 42.4 Å². The van der Waals surface area contributed by atoms with E-state index in [-0.39, 0.29) is 63.2 Å². The average molecular weight is 909 g/mol. The number of aromatic amines is 1. The molecule has 3 aliphatic heterocycles. The van der Waals surface area contributed by atoms with E-state index < -0.39 is 90.3 Å². The number of amides is 6. The average Bonchev–Trinajstić information content (AvgIpc) is 4.16. The fourth-order valence-electron chi connectivity index (χ4n) is 9.25. The van der Waals surface area contributed by atoms with Crippen LogP contribution in [0.4, 0.5) is 0 Å². The summed E-state index contributed by atoms with van der Waals surface area (Å²) in [7, 11) is 0. The second kappa shape index (κ2) is 20.9. The summed E-state index contributed by atoms with van der Waals surface area (Å²) in [5, 5.41) is 48.3. The standard InChI is InChI=1S/C47H56N8O11/c48-33(26-56)44(62)55-21-5-10-40(55)46(64)54-20-4-9-39(54)42(60)50-35(22-27-11-15-30(57)16-12-27)41(59)51-36(24-29-25-49-34-7-2-1-6-32(29)34)45(63)53-19-3-8-38(53)43(61)52-37(47(65)66)23-28-13-17-31(58)18-14-28/h1-2,6-7,11-18,25,33,35-40,49,56-58H,3-5,8-10,19-24,26,48H2,(H,50,60)(H,51,59)(H,52,61)(H,65,66). The Balaban J connectivity index is 1.13. The number of benzene rings is 3. The normalized spacial score (nSPS) is 20.1. The summed E-state index contributed by atoms with van der Waals surface area (Å²) < 4.78 is 0. The Hall–Kier alpha value is -6.99. The molecule has 0 bridgehead atoms. The highest BCUT2D eigenvalue weighted by molar-refractivity contribution is 5.98. The third-order valence-corrected chi connectivity index (χ3v) is 12.7. The highest BCUT2D eigenvalue weighted by atomic mass is 16.4. The Kier molecular flexibility index (Phi) is 14.9. The van der Waals surface area contributed by atoms with Crippen molar-refractivity contribution in [1.29, 1.82) is 0 Å². The molecule has 0 radical (unpaired) electrons. The third kappa shape index (κ3) is 10.7. The predicted octanol–water partition coefficient (Wildman–Crippen LogP) is 0.439. The van der Waals surface area contributed by atoms with Crippen molar-refractivity contribution < 1.29 is 54.0 Å². The molecular formula is C47H56N8O11. The maximum absolute atomic E-state index is 14.8. The van der Waals surface area contributed by atoms with Crippen LogP contribution < -0.4 is 21.7 Å². The van der Waals surface area contributed by atoms with E-state index in [0.717, 1.165) is 10.9 Å². The van der Waals surface area contributed by atoms with Gasteiger partial charge in [0.15, 0.2) is 0 Å². The quantitative estimate of drug-likeness (QED) is 0.0698. The van der Waals surface area contributed by atoms with Crippen LogP contribution in [0.15, 0.2) is 79.0 Å². The number of aliphatic carboxylic acids is 1. The number of rotatable bonds is 17. The number of carbonyl (C=O) groups excluding carboxylic acids is 6. The number of likely N-dealkylation sites (tertiary alicyclic amines) is 3. The zero-order chi connectivity index (χ0) is 47.1. The van der Waals surface area contributed by atoms with Gasteiger partial charge in [0.05, 0.1) is 6.61 Å². The lowest BCUT2D eigenvalue weighted by molar-refractivity contribution is -0.147. The van der Waals surface area contributed by atoms with E-state index in [1.807, 2.05) is 24.3 Å². The first kappa shape index (κ1) is 47.0. The van der Waals surface area contributed by atoms with Gasteiger partial charge in [0.2, 0.25) is 35.4 Å². The Bertz CT molecular complexity index is 2430. The fourth-order valence-corrected chi connectivity index (χ4v) is 9.25. The van der Waals surface area contributed by atoms with Crippen molar-refractivity contribution in [2.45, 2.75) is 100 Å². The number of carboxylic acid groups (broad SMARTS) is 1. The van der Waals surface area contributed by atoms with Gasteiger partial charge in [-0.15, -0.1) is 0 Å². The Labute approximate surface area is 380 Å². The molecule has 0 aliphatic carbocycles. The summed E-state index contributed by atoms with van der Waals surface area (Å²) in [6.07, 6.45) is 3.83. The van der Waals surface area contributed by atoms with Gasteiger partial charge in [-0.25, -0.2) is 4.79 Å². The minimum absolute atomic E-state index is 0.00144. The lowest BCUT2D eigenvalue weighted by Gasteiger charge is -2.33. The lowest BCUT2D eigenvalue weighted by atomic mass is 10.0. The molecule has 7 rings (SSSR count). The first-order valence-corrected chi connectivity index (χ1v) is 22.2. The second-order valence-corrected chi connectivity index (χ2v) is 17.2. The van der Waals surface area contributed by atoms with Crippen LogP contribution in [0.1, 0.15) is 55.2 Å². The monoisotopic (exact) mass is 908 g/mol. The number of phenols is 2.